The zero-order valence-electron chi connectivity index (χ0n) is 19.1. The van der Waals surface area contributed by atoms with Crippen LogP contribution < -0.4 is 5.32 Å². The zero-order valence-corrected chi connectivity index (χ0v) is 19.9. The van der Waals surface area contributed by atoms with Crippen LogP contribution in [0.5, 0.6) is 0 Å². The lowest BCUT2D eigenvalue weighted by molar-refractivity contribution is -0.113. The molecule has 2 aromatic carbocycles. The van der Waals surface area contributed by atoms with Gasteiger partial charge in [0.2, 0.25) is 5.91 Å². The second-order valence-corrected chi connectivity index (χ2v) is 8.34. The predicted molar refractivity (Wildman–Crippen MR) is 130 cm³/mol. The molecule has 0 saturated heterocycles. The van der Waals surface area contributed by atoms with Crippen LogP contribution in [0.4, 0.5) is 5.69 Å². The van der Waals surface area contributed by atoms with E-state index in [1.807, 2.05) is 55.2 Å². The molecule has 0 radical (unpaired) electrons. The number of hydrogen-bond acceptors (Lipinski definition) is 7. The van der Waals surface area contributed by atoms with E-state index in [9.17, 15) is 9.59 Å². The molecular weight excluding hydrogens is 452 g/mol. The van der Waals surface area contributed by atoms with E-state index in [-0.39, 0.29) is 18.3 Å². The smallest absolute Gasteiger partial charge is 0.340 e. The minimum absolute atomic E-state index is 0.0989. The van der Waals surface area contributed by atoms with Gasteiger partial charge in [0, 0.05) is 25.9 Å². The molecule has 1 N–H and O–H groups in total. The first-order valence-corrected chi connectivity index (χ1v) is 11.6. The summed E-state index contributed by atoms with van der Waals surface area (Å²) in [4.78, 5) is 24.7. The summed E-state index contributed by atoms with van der Waals surface area (Å²) in [7, 11) is 3.72. The Morgan fingerprint density at radius 2 is 1.76 bits per heavy atom. The lowest BCUT2D eigenvalue weighted by Crippen LogP contribution is -2.17. The summed E-state index contributed by atoms with van der Waals surface area (Å²) in [5.41, 5.74) is 3.36. The minimum Gasteiger partial charge on any atom is -0.462 e. The summed E-state index contributed by atoms with van der Waals surface area (Å²) in [6.45, 7) is 1.99. The summed E-state index contributed by atoms with van der Waals surface area (Å²) in [5.74, 6) is 0.0108. The first-order chi connectivity index (χ1) is 16.5. The fraction of sp³-hybridized carbons (Fsp3) is 0.208. The Morgan fingerprint density at radius 1 is 1.03 bits per heavy atom. The van der Waals surface area contributed by atoms with Crippen molar-refractivity contribution in [2.24, 2.45) is 14.1 Å². The number of benzene rings is 2. The van der Waals surface area contributed by atoms with Crippen LogP contribution in [-0.4, -0.2) is 48.8 Å². The van der Waals surface area contributed by atoms with Gasteiger partial charge >= 0.3 is 5.97 Å². The van der Waals surface area contributed by atoms with Gasteiger partial charge in [-0.25, -0.2) is 4.79 Å². The summed E-state index contributed by atoms with van der Waals surface area (Å²) in [6.07, 6.45) is 1.90. The number of esters is 1. The number of hydrogen-bond donors (Lipinski definition) is 1. The highest BCUT2D eigenvalue weighted by molar-refractivity contribution is 7.99. The summed E-state index contributed by atoms with van der Waals surface area (Å²) in [5, 5.41) is 16.6. The number of thioether (sulfide) groups is 1. The number of aromatic nitrogens is 5. The van der Waals surface area contributed by atoms with Crippen LogP contribution in [0.2, 0.25) is 0 Å². The molecule has 0 atom stereocenters. The molecular formula is C24H24N6O3S. The van der Waals surface area contributed by atoms with Crippen molar-refractivity contribution in [1.82, 2.24) is 24.5 Å². The third-order valence-electron chi connectivity index (χ3n) is 4.98. The summed E-state index contributed by atoms with van der Waals surface area (Å²) in [6, 6.07) is 16.6. The molecule has 10 heteroatoms. The largest absolute Gasteiger partial charge is 0.462 e. The molecule has 0 bridgehead atoms. The normalized spacial score (nSPS) is 10.8. The fourth-order valence-corrected chi connectivity index (χ4v) is 4.14. The van der Waals surface area contributed by atoms with Crippen molar-refractivity contribution >= 4 is 29.3 Å². The van der Waals surface area contributed by atoms with E-state index < -0.39 is 5.97 Å². The molecule has 0 saturated carbocycles. The van der Waals surface area contributed by atoms with Crippen molar-refractivity contribution in [3.05, 3.63) is 66.4 Å². The number of nitrogens with one attached hydrogen (secondary N) is 1. The lowest BCUT2D eigenvalue weighted by atomic mass is 10.1. The lowest BCUT2D eigenvalue weighted by Gasteiger charge is -2.10. The Balaban J connectivity index is 1.48. The molecule has 174 valence electrons. The Labute approximate surface area is 201 Å². The van der Waals surface area contributed by atoms with Crippen LogP contribution >= 0.6 is 11.8 Å². The summed E-state index contributed by atoms with van der Waals surface area (Å²) >= 11 is 1.26. The molecule has 4 rings (SSSR count). The topological polar surface area (TPSA) is 104 Å². The molecule has 0 aliphatic carbocycles. The maximum absolute atomic E-state index is 12.6. The third-order valence-corrected chi connectivity index (χ3v) is 6.00. The van der Waals surface area contributed by atoms with Crippen molar-refractivity contribution in [1.29, 1.82) is 0 Å². The molecule has 4 aromatic rings. The third kappa shape index (κ3) is 5.01. The number of aryl methyl sites for hydroxylation is 1. The molecule has 2 heterocycles. The van der Waals surface area contributed by atoms with Gasteiger partial charge in [0.05, 0.1) is 29.2 Å². The number of carbonyl (C=O) groups is 2. The minimum atomic E-state index is -0.477. The second kappa shape index (κ2) is 10.3. The number of carbonyl (C=O) groups excluding carboxylic acids is 2. The van der Waals surface area contributed by atoms with Crippen molar-refractivity contribution in [3.8, 4) is 22.6 Å². The molecule has 2 aromatic heterocycles. The summed E-state index contributed by atoms with van der Waals surface area (Å²) < 4.78 is 8.64. The quantitative estimate of drug-likeness (QED) is 0.305. The maximum atomic E-state index is 12.6. The second-order valence-electron chi connectivity index (χ2n) is 7.40. The van der Waals surface area contributed by atoms with E-state index in [1.165, 1.54) is 11.8 Å². The van der Waals surface area contributed by atoms with Gasteiger partial charge in [-0.1, -0.05) is 54.2 Å². The van der Waals surface area contributed by atoms with Crippen LogP contribution in [-0.2, 0) is 23.6 Å². The van der Waals surface area contributed by atoms with Gasteiger partial charge in [0.1, 0.15) is 5.69 Å². The Kier molecular flexibility index (Phi) is 7.07. The average Bonchev–Trinajstić information content (AvgIpc) is 3.40. The Hall–Kier alpha value is -3.92. The van der Waals surface area contributed by atoms with Crippen molar-refractivity contribution in [2.45, 2.75) is 12.1 Å². The molecule has 1 amide bonds. The maximum Gasteiger partial charge on any atom is 0.340 e. The van der Waals surface area contributed by atoms with Gasteiger partial charge in [-0.05, 0) is 19.1 Å². The van der Waals surface area contributed by atoms with Crippen molar-refractivity contribution < 1.29 is 14.3 Å². The van der Waals surface area contributed by atoms with E-state index in [1.54, 1.807) is 35.9 Å². The van der Waals surface area contributed by atoms with E-state index in [2.05, 4.69) is 20.6 Å². The molecule has 34 heavy (non-hydrogen) atoms. The highest BCUT2D eigenvalue weighted by Crippen LogP contribution is 2.31. The number of para-hydroxylation sites is 1. The average molecular weight is 477 g/mol. The predicted octanol–water partition coefficient (Wildman–Crippen LogP) is 3.79. The van der Waals surface area contributed by atoms with Gasteiger partial charge in [-0.2, -0.15) is 5.10 Å². The molecule has 0 unspecified atom stereocenters. The molecule has 9 nitrogen and oxygen atoms in total. The van der Waals surface area contributed by atoms with Crippen LogP contribution in [0, 0.1) is 0 Å². The SMILES string of the molecule is CCOC(=O)c1ccccc1NC(=O)CSc1nnc(-c2cn(C)nc2-c2ccccc2)n1C. The van der Waals surface area contributed by atoms with Crippen LogP contribution in [0.3, 0.4) is 0 Å². The number of ether oxygens (including phenoxy) is 1. The zero-order chi connectivity index (χ0) is 24.1. The van der Waals surface area contributed by atoms with E-state index in [0.717, 1.165) is 16.8 Å². The highest BCUT2D eigenvalue weighted by Gasteiger charge is 2.20. The molecule has 0 fully saturated rings. The van der Waals surface area contributed by atoms with Crippen LogP contribution in [0.25, 0.3) is 22.6 Å². The van der Waals surface area contributed by atoms with E-state index in [4.69, 9.17) is 4.74 Å². The molecule has 0 aliphatic rings. The first-order valence-electron chi connectivity index (χ1n) is 10.7. The molecule has 0 spiro atoms. The van der Waals surface area contributed by atoms with Gasteiger partial charge in [0.15, 0.2) is 11.0 Å². The van der Waals surface area contributed by atoms with Crippen LogP contribution in [0.15, 0.2) is 66.0 Å². The van der Waals surface area contributed by atoms with Gasteiger partial charge in [-0.15, -0.1) is 10.2 Å². The Bertz CT molecular complexity index is 1320. The van der Waals surface area contributed by atoms with Crippen molar-refractivity contribution in [2.75, 3.05) is 17.7 Å². The van der Waals surface area contributed by atoms with Crippen molar-refractivity contribution in [3.63, 3.8) is 0 Å². The van der Waals surface area contributed by atoms with Gasteiger partial charge < -0.3 is 14.6 Å². The molecule has 0 aliphatic heterocycles. The number of nitrogens with zero attached hydrogens (tertiary/aromatic N) is 5. The first kappa shape index (κ1) is 23.2. The Morgan fingerprint density at radius 3 is 2.53 bits per heavy atom. The van der Waals surface area contributed by atoms with Crippen LogP contribution in [0.1, 0.15) is 17.3 Å². The van der Waals surface area contributed by atoms with E-state index in [0.29, 0.717) is 22.2 Å². The van der Waals surface area contributed by atoms with E-state index >= 15 is 0 Å². The standard InChI is InChI=1S/C24H24N6O3S/c1-4-33-23(32)17-12-8-9-13-19(17)25-20(31)15-34-24-27-26-22(30(24)3)18-14-29(2)28-21(18)16-10-6-5-7-11-16/h5-14H,4,15H2,1-3H3,(H,25,31). The van der Waals surface area contributed by atoms with Gasteiger partial charge in [-0.3, -0.25) is 9.48 Å². The highest BCUT2D eigenvalue weighted by atomic mass is 32.2. The number of rotatable bonds is 8. The number of amides is 1. The number of anilines is 1. The monoisotopic (exact) mass is 476 g/mol. The van der Waals surface area contributed by atoms with Gasteiger partial charge in [0.25, 0.3) is 0 Å². The fourth-order valence-electron chi connectivity index (χ4n) is 3.43.